The van der Waals surface area contributed by atoms with E-state index < -0.39 is 8.32 Å². The zero-order valence-electron chi connectivity index (χ0n) is 17.1. The number of hydrogen-bond donors (Lipinski definition) is 0. The van der Waals surface area contributed by atoms with Crippen molar-refractivity contribution in [2.24, 2.45) is 0 Å². The number of carbonyl (C=O) groups excluding carboxylic acids is 2. The van der Waals surface area contributed by atoms with E-state index >= 15 is 0 Å². The number of benzene rings is 1. The Balaban J connectivity index is 2.39. The van der Waals surface area contributed by atoms with E-state index in [4.69, 9.17) is 9.16 Å². The maximum atomic E-state index is 12.3. The lowest BCUT2D eigenvalue weighted by atomic mass is 10.1. The van der Waals surface area contributed by atoms with E-state index in [2.05, 4.69) is 33.9 Å². The molecule has 1 rings (SSSR count). The molecule has 1 aromatic carbocycles. The third-order valence-corrected chi connectivity index (χ3v) is 9.48. The number of rotatable bonds is 11. The van der Waals surface area contributed by atoms with Gasteiger partial charge >= 0.3 is 0 Å². The van der Waals surface area contributed by atoms with Crippen molar-refractivity contribution in [1.29, 1.82) is 0 Å². The summed E-state index contributed by atoms with van der Waals surface area (Å²) in [5, 5.41) is 0.102. The molecule has 5 heteroatoms. The summed E-state index contributed by atoms with van der Waals surface area (Å²) in [5.41, 5.74) is 1.01. The summed E-state index contributed by atoms with van der Waals surface area (Å²) in [5.74, 6) is -0.239. The van der Waals surface area contributed by atoms with Crippen LogP contribution in [-0.4, -0.2) is 32.6 Å². The standard InChI is InChI=1S/C21H34O4Si/c1-7-20(25-26(5,6)21(2,3)4)14-18(22)13-19(23)16-24-15-17-11-9-8-10-12-17/h8-12,20H,7,13-16H2,1-6H3/t20-/m1/s1. The average molecular weight is 379 g/mol. The summed E-state index contributed by atoms with van der Waals surface area (Å²) >= 11 is 0. The summed E-state index contributed by atoms with van der Waals surface area (Å²) in [7, 11) is -1.92. The fourth-order valence-electron chi connectivity index (χ4n) is 2.32. The Bertz CT molecular complexity index is 575. The second-order valence-electron chi connectivity index (χ2n) is 8.35. The molecule has 0 amide bonds. The van der Waals surface area contributed by atoms with Crippen LogP contribution in [0, 0.1) is 0 Å². The SMILES string of the molecule is CC[C@H](CC(=O)CC(=O)COCc1ccccc1)O[Si](C)(C)C(C)(C)C. The van der Waals surface area contributed by atoms with E-state index in [9.17, 15) is 9.59 Å². The Hall–Kier alpha value is -1.30. The number of hydrogen-bond acceptors (Lipinski definition) is 4. The van der Waals surface area contributed by atoms with E-state index in [1.165, 1.54) is 0 Å². The molecular formula is C21H34O4Si. The monoisotopic (exact) mass is 378 g/mol. The topological polar surface area (TPSA) is 52.6 Å². The highest BCUT2D eigenvalue weighted by atomic mass is 28.4. The molecule has 0 saturated carbocycles. The van der Waals surface area contributed by atoms with Crippen LogP contribution < -0.4 is 0 Å². The first-order chi connectivity index (χ1) is 12.0. The van der Waals surface area contributed by atoms with Crippen molar-refractivity contribution >= 4 is 19.9 Å². The van der Waals surface area contributed by atoms with Gasteiger partial charge in [0, 0.05) is 6.42 Å². The van der Waals surface area contributed by atoms with Gasteiger partial charge < -0.3 is 9.16 Å². The molecule has 0 spiro atoms. The maximum Gasteiger partial charge on any atom is 0.192 e. The van der Waals surface area contributed by atoms with Crippen LogP contribution in [0.3, 0.4) is 0 Å². The highest BCUT2D eigenvalue weighted by Crippen LogP contribution is 2.38. The second-order valence-corrected chi connectivity index (χ2v) is 13.1. The van der Waals surface area contributed by atoms with E-state index in [1.807, 2.05) is 37.3 Å². The molecule has 0 aliphatic heterocycles. The van der Waals surface area contributed by atoms with E-state index in [1.54, 1.807) is 0 Å². The number of carbonyl (C=O) groups is 2. The first kappa shape index (κ1) is 22.7. The lowest BCUT2D eigenvalue weighted by Gasteiger charge is -2.39. The summed E-state index contributed by atoms with van der Waals surface area (Å²) in [6, 6.07) is 9.68. The van der Waals surface area contributed by atoms with Crippen molar-refractivity contribution in [3.05, 3.63) is 35.9 Å². The molecule has 1 atom stereocenters. The van der Waals surface area contributed by atoms with Crippen molar-refractivity contribution < 1.29 is 18.8 Å². The van der Waals surface area contributed by atoms with Crippen LogP contribution in [0.2, 0.25) is 18.1 Å². The van der Waals surface area contributed by atoms with Gasteiger partial charge in [-0.1, -0.05) is 58.0 Å². The number of Topliss-reactive ketones (excluding diaryl/α,β-unsaturated/α-hetero) is 2. The second kappa shape index (κ2) is 10.1. The molecule has 4 nitrogen and oxygen atoms in total. The predicted octanol–water partition coefficient (Wildman–Crippen LogP) is 4.92. The van der Waals surface area contributed by atoms with Gasteiger partial charge in [-0.05, 0) is 30.1 Å². The fourth-order valence-corrected chi connectivity index (χ4v) is 3.75. The molecule has 0 N–H and O–H groups in total. The van der Waals surface area contributed by atoms with Crippen molar-refractivity contribution in [3.8, 4) is 0 Å². The third-order valence-electron chi connectivity index (χ3n) is 4.95. The van der Waals surface area contributed by atoms with Crippen molar-refractivity contribution in [2.75, 3.05) is 6.61 Å². The highest BCUT2D eigenvalue weighted by Gasteiger charge is 2.39. The van der Waals surface area contributed by atoms with Gasteiger partial charge in [0.1, 0.15) is 12.4 Å². The lowest BCUT2D eigenvalue weighted by Crippen LogP contribution is -2.44. The molecule has 0 bridgehead atoms. The lowest BCUT2D eigenvalue weighted by molar-refractivity contribution is -0.130. The highest BCUT2D eigenvalue weighted by molar-refractivity contribution is 6.74. The Kier molecular flexibility index (Phi) is 8.87. The van der Waals surface area contributed by atoms with E-state index in [0.29, 0.717) is 13.0 Å². The van der Waals surface area contributed by atoms with Crippen LogP contribution in [0.15, 0.2) is 30.3 Å². The Labute approximate surface area is 159 Å². The predicted molar refractivity (Wildman–Crippen MR) is 108 cm³/mol. The Morgan fingerprint density at radius 1 is 1.08 bits per heavy atom. The van der Waals surface area contributed by atoms with Gasteiger partial charge in [0.15, 0.2) is 14.1 Å². The van der Waals surface area contributed by atoms with Crippen LogP contribution >= 0.6 is 0 Å². The van der Waals surface area contributed by atoms with Gasteiger partial charge in [0.25, 0.3) is 0 Å². The minimum Gasteiger partial charge on any atom is -0.414 e. The fraction of sp³-hybridized carbons (Fsp3) is 0.619. The molecule has 0 heterocycles. The molecule has 146 valence electrons. The molecule has 1 aromatic rings. The molecule has 0 aromatic heterocycles. The van der Waals surface area contributed by atoms with Crippen LogP contribution in [-0.2, 0) is 25.4 Å². The minimum absolute atomic E-state index is 0.0273. The zero-order valence-corrected chi connectivity index (χ0v) is 18.1. The number of ether oxygens (including phenoxy) is 1. The van der Waals surface area contributed by atoms with Gasteiger partial charge in [-0.3, -0.25) is 9.59 Å². The quantitative estimate of drug-likeness (QED) is 0.405. The van der Waals surface area contributed by atoms with Crippen molar-refractivity contribution in [1.82, 2.24) is 0 Å². The Morgan fingerprint density at radius 3 is 2.23 bits per heavy atom. The first-order valence-electron chi connectivity index (χ1n) is 9.38. The van der Waals surface area contributed by atoms with Gasteiger partial charge in [0.2, 0.25) is 0 Å². The molecule has 0 unspecified atom stereocenters. The van der Waals surface area contributed by atoms with E-state index in [-0.39, 0.29) is 35.7 Å². The molecule has 0 aliphatic rings. The van der Waals surface area contributed by atoms with Gasteiger partial charge in [-0.25, -0.2) is 0 Å². The van der Waals surface area contributed by atoms with Crippen LogP contribution in [0.25, 0.3) is 0 Å². The van der Waals surface area contributed by atoms with Crippen LogP contribution in [0.4, 0.5) is 0 Å². The van der Waals surface area contributed by atoms with E-state index in [0.717, 1.165) is 12.0 Å². The zero-order chi connectivity index (χ0) is 19.8. The molecule has 0 fully saturated rings. The summed E-state index contributed by atoms with van der Waals surface area (Å²) in [6.07, 6.45) is 0.887. The average Bonchev–Trinajstić information content (AvgIpc) is 2.53. The summed E-state index contributed by atoms with van der Waals surface area (Å²) < 4.78 is 11.7. The minimum atomic E-state index is -1.92. The molecule has 0 saturated heterocycles. The largest absolute Gasteiger partial charge is 0.414 e. The normalized spacial score (nSPS) is 13.5. The smallest absolute Gasteiger partial charge is 0.192 e. The summed E-state index contributed by atoms with van der Waals surface area (Å²) in [4.78, 5) is 24.2. The van der Waals surface area contributed by atoms with Gasteiger partial charge in [-0.2, -0.15) is 0 Å². The maximum absolute atomic E-state index is 12.3. The van der Waals surface area contributed by atoms with Gasteiger partial charge in [0.05, 0.1) is 19.1 Å². The molecule has 26 heavy (non-hydrogen) atoms. The van der Waals surface area contributed by atoms with Crippen molar-refractivity contribution in [3.63, 3.8) is 0 Å². The molecule has 0 aliphatic carbocycles. The number of ketones is 2. The first-order valence-corrected chi connectivity index (χ1v) is 12.3. The van der Waals surface area contributed by atoms with Crippen molar-refractivity contribution in [2.45, 2.75) is 77.8 Å². The summed E-state index contributed by atoms with van der Waals surface area (Å²) in [6.45, 7) is 13.3. The third kappa shape index (κ3) is 7.93. The molecular weight excluding hydrogens is 344 g/mol. The Morgan fingerprint density at radius 2 is 1.69 bits per heavy atom. The van der Waals surface area contributed by atoms with Crippen LogP contribution in [0.1, 0.15) is 52.5 Å². The van der Waals surface area contributed by atoms with Crippen LogP contribution in [0.5, 0.6) is 0 Å². The van der Waals surface area contributed by atoms with Gasteiger partial charge in [-0.15, -0.1) is 0 Å². The molecule has 0 radical (unpaired) electrons.